The first kappa shape index (κ1) is 19.8. The third-order valence-electron chi connectivity index (χ3n) is 6.45. The molecule has 0 radical (unpaired) electrons. The van der Waals surface area contributed by atoms with E-state index in [1.54, 1.807) is 4.52 Å². The molecule has 0 unspecified atom stereocenters. The molecule has 1 aliphatic carbocycles. The Labute approximate surface area is 181 Å². The molecule has 8 nitrogen and oxygen atoms in total. The molecule has 1 aromatic carbocycles. The summed E-state index contributed by atoms with van der Waals surface area (Å²) in [6.07, 6.45) is 7.11. The highest BCUT2D eigenvalue weighted by atomic mass is 16.7. The lowest BCUT2D eigenvalue weighted by atomic mass is 10.0. The van der Waals surface area contributed by atoms with E-state index in [4.69, 9.17) is 9.47 Å². The number of benzene rings is 1. The molecule has 3 aromatic rings. The van der Waals surface area contributed by atoms with Crippen LogP contribution in [0.25, 0.3) is 5.78 Å². The van der Waals surface area contributed by atoms with Crippen molar-refractivity contribution in [2.24, 2.45) is 0 Å². The smallest absolute Gasteiger partial charge is 0.252 e. The molecule has 1 aliphatic heterocycles. The standard InChI is InChI=1S/C23H27N5O3/c1-15-19(16(2)28-23(26-15)24-13-25-28)8-10-22(29)27(18-5-3-4-6-18)12-17-7-9-20-21(11-17)31-14-30-20/h7,9,11,13,18H,3-6,8,10,12,14H2,1-2H3. The number of aromatic nitrogens is 4. The van der Waals surface area contributed by atoms with Gasteiger partial charge in [-0.15, -0.1) is 0 Å². The fourth-order valence-electron chi connectivity index (χ4n) is 4.77. The summed E-state index contributed by atoms with van der Waals surface area (Å²) in [7, 11) is 0. The molecule has 0 N–H and O–H groups in total. The van der Waals surface area contributed by atoms with Crippen LogP contribution in [0.2, 0.25) is 0 Å². The molecule has 1 amide bonds. The van der Waals surface area contributed by atoms with Gasteiger partial charge in [0.2, 0.25) is 12.7 Å². The monoisotopic (exact) mass is 421 g/mol. The van der Waals surface area contributed by atoms with Gasteiger partial charge in [0, 0.05) is 30.4 Å². The molecule has 31 heavy (non-hydrogen) atoms. The second-order valence-corrected chi connectivity index (χ2v) is 8.38. The van der Waals surface area contributed by atoms with E-state index < -0.39 is 0 Å². The highest BCUT2D eigenvalue weighted by Gasteiger charge is 2.27. The summed E-state index contributed by atoms with van der Waals surface area (Å²) in [5.74, 6) is 2.31. The van der Waals surface area contributed by atoms with Gasteiger partial charge in [-0.05, 0) is 56.4 Å². The molecule has 5 rings (SSSR count). The Morgan fingerprint density at radius 2 is 2.00 bits per heavy atom. The summed E-state index contributed by atoms with van der Waals surface area (Å²) < 4.78 is 12.7. The Hall–Kier alpha value is -3.16. The van der Waals surface area contributed by atoms with E-state index in [1.807, 2.05) is 32.0 Å². The molecule has 0 saturated heterocycles. The first-order valence-electron chi connectivity index (χ1n) is 10.9. The fourth-order valence-corrected chi connectivity index (χ4v) is 4.77. The second kappa shape index (κ2) is 8.17. The summed E-state index contributed by atoms with van der Waals surface area (Å²) >= 11 is 0. The summed E-state index contributed by atoms with van der Waals surface area (Å²) in [5, 5.41) is 4.26. The maximum Gasteiger partial charge on any atom is 0.252 e. The zero-order valence-electron chi connectivity index (χ0n) is 18.0. The maximum absolute atomic E-state index is 13.4. The summed E-state index contributed by atoms with van der Waals surface area (Å²) in [6, 6.07) is 6.25. The van der Waals surface area contributed by atoms with Crippen LogP contribution in [-0.4, -0.2) is 43.2 Å². The Morgan fingerprint density at radius 3 is 2.84 bits per heavy atom. The predicted molar refractivity (Wildman–Crippen MR) is 114 cm³/mol. The van der Waals surface area contributed by atoms with Crippen LogP contribution in [0.15, 0.2) is 24.5 Å². The highest BCUT2D eigenvalue weighted by Crippen LogP contribution is 2.34. The summed E-state index contributed by atoms with van der Waals surface area (Å²) in [5.41, 5.74) is 4.05. The number of nitrogens with zero attached hydrogens (tertiary/aromatic N) is 5. The number of aryl methyl sites for hydroxylation is 2. The lowest BCUT2D eigenvalue weighted by Gasteiger charge is -2.29. The van der Waals surface area contributed by atoms with E-state index in [-0.39, 0.29) is 12.7 Å². The number of hydrogen-bond acceptors (Lipinski definition) is 6. The molecule has 8 heteroatoms. The van der Waals surface area contributed by atoms with Crippen molar-refractivity contribution in [2.75, 3.05) is 6.79 Å². The van der Waals surface area contributed by atoms with Gasteiger partial charge in [-0.3, -0.25) is 4.79 Å². The zero-order valence-corrected chi connectivity index (χ0v) is 18.0. The van der Waals surface area contributed by atoms with E-state index >= 15 is 0 Å². The molecule has 0 spiro atoms. The zero-order chi connectivity index (χ0) is 21.4. The molecular formula is C23H27N5O3. The Kier molecular flexibility index (Phi) is 5.21. The van der Waals surface area contributed by atoms with E-state index in [0.29, 0.717) is 31.2 Å². The molecule has 1 saturated carbocycles. The van der Waals surface area contributed by atoms with Gasteiger partial charge in [0.1, 0.15) is 6.33 Å². The van der Waals surface area contributed by atoms with Gasteiger partial charge in [-0.25, -0.2) is 9.50 Å². The van der Waals surface area contributed by atoms with Gasteiger partial charge < -0.3 is 14.4 Å². The van der Waals surface area contributed by atoms with Crippen molar-refractivity contribution in [3.8, 4) is 11.5 Å². The lowest BCUT2D eigenvalue weighted by Crippen LogP contribution is -2.38. The third kappa shape index (κ3) is 3.82. The SMILES string of the molecule is Cc1nc2ncnn2c(C)c1CCC(=O)N(Cc1ccc2c(c1)OCO2)C1CCCC1. The van der Waals surface area contributed by atoms with Crippen molar-refractivity contribution in [2.45, 2.75) is 65.0 Å². The van der Waals surface area contributed by atoms with E-state index in [9.17, 15) is 4.79 Å². The van der Waals surface area contributed by atoms with Gasteiger partial charge >= 0.3 is 0 Å². The van der Waals surface area contributed by atoms with Gasteiger partial charge in [0.15, 0.2) is 11.5 Å². The van der Waals surface area contributed by atoms with Gasteiger partial charge in [-0.1, -0.05) is 18.9 Å². The average Bonchev–Trinajstić information content (AvgIpc) is 3.52. The predicted octanol–water partition coefficient (Wildman–Crippen LogP) is 3.37. The quantitative estimate of drug-likeness (QED) is 0.607. The minimum atomic E-state index is 0.182. The van der Waals surface area contributed by atoms with Crippen LogP contribution in [-0.2, 0) is 17.8 Å². The summed E-state index contributed by atoms with van der Waals surface area (Å²) in [6.45, 7) is 4.84. The molecule has 162 valence electrons. The van der Waals surface area contributed by atoms with Crippen LogP contribution in [0.1, 0.15) is 54.6 Å². The number of hydrogen-bond donors (Lipinski definition) is 0. The first-order valence-corrected chi connectivity index (χ1v) is 10.9. The van der Waals surface area contributed by atoms with E-state index in [1.165, 1.54) is 19.2 Å². The summed E-state index contributed by atoms with van der Waals surface area (Å²) in [4.78, 5) is 24.2. The number of carbonyl (C=O) groups excluding carboxylic acids is 1. The maximum atomic E-state index is 13.4. The van der Waals surface area contributed by atoms with Crippen molar-refractivity contribution in [1.29, 1.82) is 0 Å². The first-order chi connectivity index (χ1) is 15.1. The average molecular weight is 422 g/mol. The van der Waals surface area contributed by atoms with Crippen LogP contribution in [0, 0.1) is 13.8 Å². The number of rotatable bonds is 6. The minimum absolute atomic E-state index is 0.182. The number of fused-ring (bicyclic) bond motifs is 2. The Balaban J connectivity index is 1.34. The fraction of sp³-hybridized carbons (Fsp3) is 0.478. The number of amides is 1. The van der Waals surface area contributed by atoms with Crippen LogP contribution in [0.3, 0.4) is 0 Å². The van der Waals surface area contributed by atoms with Crippen LogP contribution in [0.4, 0.5) is 0 Å². The molecule has 2 aliphatic rings. The van der Waals surface area contributed by atoms with Crippen LogP contribution >= 0.6 is 0 Å². The molecule has 1 fully saturated rings. The van der Waals surface area contributed by atoms with Crippen molar-refractivity contribution in [3.05, 3.63) is 47.0 Å². The molecule has 0 bridgehead atoms. The van der Waals surface area contributed by atoms with Gasteiger partial charge in [0.05, 0.1) is 0 Å². The molecule has 3 heterocycles. The van der Waals surface area contributed by atoms with Crippen molar-refractivity contribution >= 4 is 11.7 Å². The van der Waals surface area contributed by atoms with E-state index in [0.717, 1.165) is 46.9 Å². The van der Waals surface area contributed by atoms with Crippen molar-refractivity contribution < 1.29 is 14.3 Å². The minimum Gasteiger partial charge on any atom is -0.454 e. The third-order valence-corrected chi connectivity index (χ3v) is 6.45. The Morgan fingerprint density at radius 1 is 1.19 bits per heavy atom. The molecule has 2 aromatic heterocycles. The highest BCUT2D eigenvalue weighted by molar-refractivity contribution is 5.77. The second-order valence-electron chi connectivity index (χ2n) is 8.38. The molecular weight excluding hydrogens is 394 g/mol. The number of carbonyl (C=O) groups is 1. The van der Waals surface area contributed by atoms with Crippen molar-refractivity contribution in [1.82, 2.24) is 24.5 Å². The van der Waals surface area contributed by atoms with E-state index in [2.05, 4.69) is 20.0 Å². The van der Waals surface area contributed by atoms with Gasteiger partial charge in [0.25, 0.3) is 5.78 Å². The van der Waals surface area contributed by atoms with Gasteiger partial charge in [-0.2, -0.15) is 10.1 Å². The van der Waals surface area contributed by atoms with Crippen molar-refractivity contribution in [3.63, 3.8) is 0 Å². The van der Waals surface area contributed by atoms with Crippen LogP contribution < -0.4 is 9.47 Å². The molecule has 0 atom stereocenters. The largest absolute Gasteiger partial charge is 0.454 e. The Bertz CT molecular complexity index is 1120. The lowest BCUT2D eigenvalue weighted by molar-refractivity contribution is -0.134. The topological polar surface area (TPSA) is 81.9 Å². The normalized spacial score (nSPS) is 15.7. The number of ether oxygens (including phenoxy) is 2. The van der Waals surface area contributed by atoms with Crippen LogP contribution in [0.5, 0.6) is 11.5 Å².